The Morgan fingerprint density at radius 2 is 1.79 bits per heavy atom. The number of hydrogen-bond donors (Lipinski definition) is 1. The van der Waals surface area contributed by atoms with E-state index in [9.17, 15) is 14.4 Å². The largest absolute Gasteiger partial charge is 0.497 e. The van der Waals surface area contributed by atoms with Gasteiger partial charge in [0.2, 0.25) is 5.91 Å². The van der Waals surface area contributed by atoms with Crippen molar-refractivity contribution in [2.45, 2.75) is 25.8 Å². The summed E-state index contributed by atoms with van der Waals surface area (Å²) in [5.41, 5.74) is 2.00. The van der Waals surface area contributed by atoms with Gasteiger partial charge in [-0.05, 0) is 48.9 Å². The number of carbonyl (C=O) groups excluding carboxylic acids is 3. The first-order chi connectivity index (χ1) is 14.0. The quantitative estimate of drug-likeness (QED) is 0.536. The first-order valence-corrected chi connectivity index (χ1v) is 9.63. The number of nitrogens with zero attached hydrogens (tertiary/aromatic N) is 1. The predicted molar refractivity (Wildman–Crippen MR) is 107 cm³/mol. The molecule has 2 N–H and O–H groups in total. The van der Waals surface area contributed by atoms with Gasteiger partial charge in [0.25, 0.3) is 5.91 Å². The first kappa shape index (κ1) is 20.5. The number of carbonyl (C=O) groups is 3. The fraction of sp³-hybridized carbons (Fsp3) is 0.318. The van der Waals surface area contributed by atoms with E-state index in [1.165, 1.54) is 4.90 Å². The van der Waals surface area contributed by atoms with Crippen molar-refractivity contribution >= 4 is 23.5 Å². The van der Waals surface area contributed by atoms with Crippen molar-refractivity contribution < 1.29 is 29.2 Å². The molecule has 3 rings (SSSR count). The fourth-order valence-electron chi connectivity index (χ4n) is 3.32. The molecule has 29 heavy (non-hydrogen) atoms. The van der Waals surface area contributed by atoms with Crippen molar-refractivity contribution in [2.24, 2.45) is 0 Å². The molecular weight excluding hydrogens is 372 g/mol. The Hall–Kier alpha value is -3.19. The summed E-state index contributed by atoms with van der Waals surface area (Å²) < 4.78 is 10.1. The second-order valence-corrected chi connectivity index (χ2v) is 6.77. The maximum Gasteiger partial charge on any atom is 0.338 e. The van der Waals surface area contributed by atoms with Gasteiger partial charge in [0.15, 0.2) is 6.04 Å². The fourth-order valence-corrected chi connectivity index (χ4v) is 3.32. The lowest BCUT2D eigenvalue weighted by molar-refractivity contribution is -0.674. The van der Waals surface area contributed by atoms with E-state index >= 15 is 0 Å². The van der Waals surface area contributed by atoms with Crippen molar-refractivity contribution in [3.63, 3.8) is 0 Å². The summed E-state index contributed by atoms with van der Waals surface area (Å²) in [5.74, 6) is -0.0834. The van der Waals surface area contributed by atoms with Crippen molar-refractivity contribution in [1.82, 2.24) is 0 Å². The molecule has 1 saturated heterocycles. The van der Waals surface area contributed by atoms with Crippen molar-refractivity contribution in [2.75, 3.05) is 25.2 Å². The third kappa shape index (κ3) is 4.81. The molecule has 0 spiro atoms. The van der Waals surface area contributed by atoms with Crippen LogP contribution in [0.15, 0.2) is 48.5 Å². The number of rotatable bonds is 8. The van der Waals surface area contributed by atoms with E-state index in [4.69, 9.17) is 9.47 Å². The molecular formula is C22H25N2O5+. The van der Waals surface area contributed by atoms with E-state index in [1.807, 2.05) is 29.6 Å². The number of quaternary nitrogens is 1. The van der Waals surface area contributed by atoms with Crippen LogP contribution in [0.25, 0.3) is 0 Å². The summed E-state index contributed by atoms with van der Waals surface area (Å²) in [4.78, 5) is 38.1. The highest BCUT2D eigenvalue weighted by Crippen LogP contribution is 2.22. The van der Waals surface area contributed by atoms with Gasteiger partial charge in [-0.2, -0.15) is 0 Å². The van der Waals surface area contributed by atoms with E-state index in [0.29, 0.717) is 17.8 Å². The van der Waals surface area contributed by atoms with E-state index in [-0.39, 0.29) is 24.8 Å². The van der Waals surface area contributed by atoms with E-state index in [0.717, 1.165) is 17.7 Å². The lowest BCUT2D eigenvalue weighted by Gasteiger charge is -2.14. The van der Waals surface area contributed by atoms with Gasteiger partial charge in [-0.1, -0.05) is 12.1 Å². The number of imide groups is 1. The predicted octanol–water partition coefficient (Wildman–Crippen LogP) is 1.31. The molecule has 0 unspecified atom stereocenters. The minimum atomic E-state index is -0.428. The molecule has 0 aliphatic carbocycles. The maximum atomic E-state index is 12.7. The Morgan fingerprint density at radius 3 is 2.41 bits per heavy atom. The number of anilines is 1. The lowest BCUT2D eigenvalue weighted by Crippen LogP contribution is -2.92. The number of methoxy groups -OCH3 is 1. The maximum absolute atomic E-state index is 12.7. The highest BCUT2D eigenvalue weighted by molar-refractivity contribution is 6.21. The van der Waals surface area contributed by atoms with Crippen LogP contribution in [-0.2, 0) is 20.7 Å². The Bertz CT molecular complexity index is 877. The number of esters is 1. The van der Waals surface area contributed by atoms with E-state index in [2.05, 4.69) is 0 Å². The highest BCUT2D eigenvalue weighted by Gasteiger charge is 2.42. The second-order valence-electron chi connectivity index (χ2n) is 6.77. The monoisotopic (exact) mass is 397 g/mol. The van der Waals surface area contributed by atoms with Crippen LogP contribution in [0.3, 0.4) is 0 Å². The van der Waals surface area contributed by atoms with Crippen LogP contribution >= 0.6 is 0 Å². The molecule has 152 valence electrons. The molecule has 0 aromatic heterocycles. The standard InChI is InChI=1S/C22H24N2O5/c1-3-29-22(27)16-6-8-17(9-7-16)24-20(25)14-19(21(24)26)23-13-12-15-4-10-18(28-2)11-5-15/h4-11,19,23H,3,12-14H2,1-2H3/p+1/t19-/m0/s1. The normalized spacial score (nSPS) is 16.2. The van der Waals surface area contributed by atoms with E-state index in [1.54, 1.807) is 38.3 Å². The number of benzene rings is 2. The number of amides is 2. The molecule has 0 bridgehead atoms. The molecule has 2 amide bonds. The minimum Gasteiger partial charge on any atom is -0.497 e. The Morgan fingerprint density at radius 1 is 1.10 bits per heavy atom. The van der Waals surface area contributed by atoms with Crippen molar-refractivity contribution in [3.05, 3.63) is 59.7 Å². The summed E-state index contributed by atoms with van der Waals surface area (Å²) in [6.07, 6.45) is 0.956. The van der Waals surface area contributed by atoms with Crippen LogP contribution in [0.1, 0.15) is 29.3 Å². The molecule has 1 aliphatic heterocycles. The zero-order valence-corrected chi connectivity index (χ0v) is 16.6. The second kappa shape index (κ2) is 9.34. The molecule has 7 heteroatoms. The Balaban J connectivity index is 1.58. The molecule has 7 nitrogen and oxygen atoms in total. The molecule has 0 radical (unpaired) electrons. The van der Waals surface area contributed by atoms with Crippen LogP contribution in [0.5, 0.6) is 5.75 Å². The molecule has 2 aromatic rings. The Labute approximate surface area is 169 Å². The number of hydrogen-bond acceptors (Lipinski definition) is 5. The smallest absolute Gasteiger partial charge is 0.338 e. The molecule has 1 heterocycles. The number of ether oxygens (including phenoxy) is 2. The molecule has 1 atom stereocenters. The number of nitrogens with two attached hydrogens (primary N) is 1. The summed E-state index contributed by atoms with van der Waals surface area (Å²) in [6, 6.07) is 13.7. The topological polar surface area (TPSA) is 89.5 Å². The van der Waals surface area contributed by atoms with Gasteiger partial charge in [-0.3, -0.25) is 9.59 Å². The molecule has 2 aromatic carbocycles. The molecule has 1 fully saturated rings. The van der Waals surface area contributed by atoms with E-state index < -0.39 is 12.0 Å². The van der Waals surface area contributed by atoms with Gasteiger partial charge in [0, 0.05) is 6.42 Å². The Kier molecular flexibility index (Phi) is 6.61. The third-order valence-corrected chi connectivity index (χ3v) is 4.86. The summed E-state index contributed by atoms with van der Waals surface area (Å²) in [5, 5.41) is 1.91. The highest BCUT2D eigenvalue weighted by atomic mass is 16.5. The van der Waals surface area contributed by atoms with Crippen LogP contribution in [0.2, 0.25) is 0 Å². The summed E-state index contributed by atoms with van der Waals surface area (Å²) in [7, 11) is 1.63. The van der Waals surface area contributed by atoms with Gasteiger partial charge in [-0.25, -0.2) is 9.69 Å². The van der Waals surface area contributed by atoms with Gasteiger partial charge in [-0.15, -0.1) is 0 Å². The van der Waals surface area contributed by atoms with Crippen LogP contribution in [0.4, 0.5) is 5.69 Å². The molecule has 0 saturated carbocycles. The third-order valence-electron chi connectivity index (χ3n) is 4.86. The van der Waals surface area contributed by atoms with Gasteiger partial charge in [0.1, 0.15) is 5.75 Å². The summed E-state index contributed by atoms with van der Waals surface area (Å²) >= 11 is 0. The van der Waals surface area contributed by atoms with Crippen LogP contribution in [-0.4, -0.2) is 44.1 Å². The summed E-state index contributed by atoms with van der Waals surface area (Å²) in [6.45, 7) is 2.72. The van der Waals surface area contributed by atoms with Crippen LogP contribution < -0.4 is 15.0 Å². The van der Waals surface area contributed by atoms with Gasteiger partial charge in [0.05, 0.1) is 37.9 Å². The minimum absolute atomic E-state index is 0.168. The van der Waals surface area contributed by atoms with Crippen molar-refractivity contribution in [3.8, 4) is 5.75 Å². The zero-order chi connectivity index (χ0) is 20.8. The average Bonchev–Trinajstić information content (AvgIpc) is 3.02. The lowest BCUT2D eigenvalue weighted by atomic mass is 10.1. The van der Waals surface area contributed by atoms with Crippen LogP contribution in [0, 0.1) is 0 Å². The average molecular weight is 397 g/mol. The van der Waals surface area contributed by atoms with Crippen molar-refractivity contribution in [1.29, 1.82) is 0 Å². The SMILES string of the molecule is CCOC(=O)c1ccc(N2C(=O)C[C@H]([NH2+]CCc3ccc(OC)cc3)C2=O)cc1. The molecule has 1 aliphatic rings. The van der Waals surface area contributed by atoms with Gasteiger partial charge >= 0.3 is 5.97 Å². The first-order valence-electron chi connectivity index (χ1n) is 9.63. The zero-order valence-electron chi connectivity index (χ0n) is 16.6. The van der Waals surface area contributed by atoms with Gasteiger partial charge < -0.3 is 14.8 Å².